The van der Waals surface area contributed by atoms with E-state index in [9.17, 15) is 9.18 Å². The van der Waals surface area contributed by atoms with Gasteiger partial charge in [0, 0.05) is 11.6 Å². The minimum Gasteiger partial charge on any atom is -0.478 e. The Balaban J connectivity index is 2.43. The molecule has 1 saturated carbocycles. The molecule has 86 valence electrons. The maximum absolute atomic E-state index is 13.3. The van der Waals surface area contributed by atoms with Crippen LogP contribution in [0.15, 0.2) is 6.07 Å². The average Bonchev–Trinajstić information content (AvgIpc) is 2.74. The number of hydrogen-bond donors (Lipinski definition) is 1. The highest BCUT2D eigenvalue weighted by atomic mass is 35.5. The molecule has 1 aromatic rings. The lowest BCUT2D eigenvalue weighted by atomic mass is 10.0. The van der Waals surface area contributed by atoms with Gasteiger partial charge in [-0.15, -0.1) is 0 Å². The first kappa shape index (κ1) is 11.3. The summed E-state index contributed by atoms with van der Waals surface area (Å²) in [5.74, 6) is -2.03. The first-order chi connectivity index (χ1) is 7.59. The van der Waals surface area contributed by atoms with Crippen LogP contribution in [0, 0.1) is 5.82 Å². The van der Waals surface area contributed by atoms with Crippen molar-refractivity contribution < 1.29 is 14.3 Å². The third kappa shape index (κ3) is 2.02. The van der Waals surface area contributed by atoms with Crippen molar-refractivity contribution in [3.63, 3.8) is 0 Å². The standard InChI is InChI=1S/C11H11ClFNO2/c12-10-9(13)7(11(15)16)5-8(14-10)6-3-1-2-4-6/h5-6H,1-4H2,(H,15,16). The van der Waals surface area contributed by atoms with E-state index in [1.807, 2.05) is 0 Å². The van der Waals surface area contributed by atoms with Crippen molar-refractivity contribution in [2.45, 2.75) is 31.6 Å². The maximum atomic E-state index is 13.3. The van der Waals surface area contributed by atoms with E-state index in [-0.39, 0.29) is 16.6 Å². The van der Waals surface area contributed by atoms with Crippen LogP contribution in [0.4, 0.5) is 4.39 Å². The Morgan fingerprint density at radius 2 is 2.12 bits per heavy atom. The van der Waals surface area contributed by atoms with Crippen LogP contribution in [0.1, 0.15) is 47.7 Å². The molecule has 0 saturated heterocycles. The van der Waals surface area contributed by atoms with E-state index in [4.69, 9.17) is 16.7 Å². The van der Waals surface area contributed by atoms with E-state index < -0.39 is 11.8 Å². The van der Waals surface area contributed by atoms with Crippen molar-refractivity contribution in [1.82, 2.24) is 4.98 Å². The molecule has 0 spiro atoms. The molecular weight excluding hydrogens is 233 g/mol. The van der Waals surface area contributed by atoms with Gasteiger partial charge in [-0.25, -0.2) is 14.2 Å². The Morgan fingerprint density at radius 1 is 1.50 bits per heavy atom. The zero-order valence-electron chi connectivity index (χ0n) is 8.54. The lowest BCUT2D eigenvalue weighted by Gasteiger charge is -2.10. The van der Waals surface area contributed by atoms with E-state index >= 15 is 0 Å². The lowest BCUT2D eigenvalue weighted by molar-refractivity contribution is 0.0691. The molecule has 1 heterocycles. The molecule has 1 fully saturated rings. The van der Waals surface area contributed by atoms with Gasteiger partial charge in [-0.3, -0.25) is 0 Å². The van der Waals surface area contributed by atoms with Crippen LogP contribution < -0.4 is 0 Å². The van der Waals surface area contributed by atoms with E-state index in [2.05, 4.69) is 4.98 Å². The molecule has 0 bridgehead atoms. The van der Waals surface area contributed by atoms with Crippen LogP contribution in [0.25, 0.3) is 0 Å². The van der Waals surface area contributed by atoms with E-state index in [1.165, 1.54) is 6.07 Å². The lowest BCUT2D eigenvalue weighted by Crippen LogP contribution is -2.07. The van der Waals surface area contributed by atoms with Gasteiger partial charge in [-0.1, -0.05) is 24.4 Å². The zero-order valence-corrected chi connectivity index (χ0v) is 9.30. The average molecular weight is 244 g/mol. The molecule has 3 nitrogen and oxygen atoms in total. The third-order valence-corrected chi connectivity index (χ3v) is 3.19. The molecule has 1 aliphatic rings. The van der Waals surface area contributed by atoms with Crippen LogP contribution in [-0.2, 0) is 0 Å². The summed E-state index contributed by atoms with van der Waals surface area (Å²) >= 11 is 5.59. The molecule has 0 aliphatic heterocycles. The second-order valence-corrected chi connectivity index (χ2v) is 4.34. The smallest absolute Gasteiger partial charge is 0.338 e. The summed E-state index contributed by atoms with van der Waals surface area (Å²) in [7, 11) is 0. The summed E-state index contributed by atoms with van der Waals surface area (Å²) < 4.78 is 13.3. The van der Waals surface area contributed by atoms with Gasteiger partial charge < -0.3 is 5.11 Å². The van der Waals surface area contributed by atoms with Crippen LogP contribution in [-0.4, -0.2) is 16.1 Å². The topological polar surface area (TPSA) is 50.2 Å². The molecule has 0 radical (unpaired) electrons. The summed E-state index contributed by atoms with van der Waals surface area (Å²) in [5.41, 5.74) is 0.211. The van der Waals surface area contributed by atoms with Gasteiger partial charge in [0.15, 0.2) is 11.0 Å². The second kappa shape index (κ2) is 4.37. The fraction of sp³-hybridized carbons (Fsp3) is 0.455. The molecule has 0 atom stereocenters. The van der Waals surface area contributed by atoms with Crippen LogP contribution in [0.2, 0.25) is 5.15 Å². The fourth-order valence-electron chi connectivity index (χ4n) is 2.10. The molecule has 16 heavy (non-hydrogen) atoms. The normalized spacial score (nSPS) is 16.6. The van der Waals surface area contributed by atoms with Crippen LogP contribution in [0.5, 0.6) is 0 Å². The van der Waals surface area contributed by atoms with Crippen molar-refractivity contribution >= 4 is 17.6 Å². The number of aromatic carboxylic acids is 1. The quantitative estimate of drug-likeness (QED) is 0.812. The Hall–Kier alpha value is -1.16. The molecule has 1 aromatic heterocycles. The monoisotopic (exact) mass is 243 g/mol. The van der Waals surface area contributed by atoms with Gasteiger partial charge in [0.2, 0.25) is 0 Å². The summed E-state index contributed by atoms with van der Waals surface area (Å²) in [6.07, 6.45) is 4.13. The second-order valence-electron chi connectivity index (χ2n) is 3.99. The predicted molar refractivity (Wildman–Crippen MR) is 57.4 cm³/mol. The van der Waals surface area contributed by atoms with Gasteiger partial charge in [-0.2, -0.15) is 0 Å². The first-order valence-electron chi connectivity index (χ1n) is 5.19. The SMILES string of the molecule is O=C(O)c1cc(C2CCCC2)nc(Cl)c1F. The van der Waals surface area contributed by atoms with Gasteiger partial charge in [-0.05, 0) is 18.9 Å². The largest absolute Gasteiger partial charge is 0.478 e. The number of carboxylic acid groups (broad SMARTS) is 1. The van der Waals surface area contributed by atoms with Crippen molar-refractivity contribution in [2.75, 3.05) is 0 Å². The summed E-state index contributed by atoms with van der Waals surface area (Å²) in [5, 5.41) is 8.49. The number of nitrogens with zero attached hydrogens (tertiary/aromatic N) is 1. The summed E-state index contributed by atoms with van der Waals surface area (Å²) in [6, 6.07) is 1.31. The number of hydrogen-bond acceptors (Lipinski definition) is 2. The molecule has 1 aliphatic carbocycles. The summed E-state index contributed by atoms with van der Waals surface area (Å²) in [6.45, 7) is 0. The fourth-order valence-corrected chi connectivity index (χ4v) is 2.30. The Kier molecular flexibility index (Phi) is 3.10. The molecule has 0 aromatic carbocycles. The molecule has 0 unspecified atom stereocenters. The van der Waals surface area contributed by atoms with Gasteiger partial charge in [0.05, 0.1) is 0 Å². The molecule has 5 heteroatoms. The Bertz CT molecular complexity index is 430. The summed E-state index contributed by atoms with van der Waals surface area (Å²) in [4.78, 5) is 14.7. The number of carboxylic acids is 1. The van der Waals surface area contributed by atoms with Crippen molar-refractivity contribution in [3.05, 3.63) is 28.3 Å². The van der Waals surface area contributed by atoms with E-state index in [0.717, 1.165) is 25.7 Å². The number of aromatic nitrogens is 1. The maximum Gasteiger partial charge on any atom is 0.338 e. The van der Waals surface area contributed by atoms with E-state index in [0.29, 0.717) is 5.69 Å². The van der Waals surface area contributed by atoms with Gasteiger partial charge >= 0.3 is 5.97 Å². The predicted octanol–water partition coefficient (Wildman–Crippen LogP) is 3.23. The van der Waals surface area contributed by atoms with Crippen molar-refractivity contribution in [3.8, 4) is 0 Å². The highest BCUT2D eigenvalue weighted by Crippen LogP contribution is 2.34. The van der Waals surface area contributed by atoms with Gasteiger partial charge in [0.1, 0.15) is 5.56 Å². The minimum absolute atomic E-state index is 0.219. The Morgan fingerprint density at radius 3 is 2.69 bits per heavy atom. The Labute approximate surface area is 97.3 Å². The number of halogens is 2. The number of carbonyl (C=O) groups is 1. The van der Waals surface area contributed by atoms with Crippen LogP contribution in [0.3, 0.4) is 0 Å². The van der Waals surface area contributed by atoms with Gasteiger partial charge in [0.25, 0.3) is 0 Å². The number of pyridine rings is 1. The highest BCUT2D eigenvalue weighted by molar-refractivity contribution is 6.29. The van der Waals surface area contributed by atoms with Crippen molar-refractivity contribution in [2.24, 2.45) is 0 Å². The van der Waals surface area contributed by atoms with Crippen molar-refractivity contribution in [1.29, 1.82) is 0 Å². The molecule has 1 N–H and O–H groups in total. The minimum atomic E-state index is -1.30. The molecule has 0 amide bonds. The highest BCUT2D eigenvalue weighted by Gasteiger charge is 2.23. The molecule has 2 rings (SSSR count). The van der Waals surface area contributed by atoms with E-state index in [1.54, 1.807) is 0 Å². The zero-order chi connectivity index (χ0) is 11.7. The molecular formula is C11H11ClFNO2. The van der Waals surface area contributed by atoms with Crippen LogP contribution >= 0.6 is 11.6 Å². The third-order valence-electron chi connectivity index (χ3n) is 2.94. The first-order valence-corrected chi connectivity index (χ1v) is 5.56. The number of rotatable bonds is 2.